The summed E-state index contributed by atoms with van der Waals surface area (Å²) in [5.74, 6) is 0.311. The summed E-state index contributed by atoms with van der Waals surface area (Å²) in [5, 5.41) is 0. The lowest BCUT2D eigenvalue weighted by Crippen LogP contribution is -2.34. The highest BCUT2D eigenvalue weighted by atomic mass is 15.1. The van der Waals surface area contributed by atoms with Crippen molar-refractivity contribution >= 4 is 17.1 Å². The minimum atomic E-state index is -0.459. The summed E-state index contributed by atoms with van der Waals surface area (Å²) in [6.07, 6.45) is 4.74. The molecule has 0 radical (unpaired) electrons. The molecule has 7 aromatic carbocycles. The molecule has 63 heavy (non-hydrogen) atoms. The number of nitrogens with zero attached hydrogens (tertiary/aromatic N) is 1. The number of para-hydroxylation sites is 1. The van der Waals surface area contributed by atoms with Crippen molar-refractivity contribution in [3.8, 4) is 33.4 Å². The lowest BCUT2D eigenvalue weighted by atomic mass is 9.62. The Morgan fingerprint density at radius 3 is 1.35 bits per heavy atom. The summed E-state index contributed by atoms with van der Waals surface area (Å²) >= 11 is 0. The maximum Gasteiger partial charge on any atom is 0.0726 e. The van der Waals surface area contributed by atoms with Crippen molar-refractivity contribution in [2.24, 2.45) is 0 Å². The van der Waals surface area contributed by atoms with Gasteiger partial charge in [0.05, 0.1) is 11.1 Å². The van der Waals surface area contributed by atoms with E-state index in [-0.39, 0.29) is 21.7 Å². The van der Waals surface area contributed by atoms with Gasteiger partial charge in [-0.15, -0.1) is 0 Å². The second kappa shape index (κ2) is 13.7. The zero-order chi connectivity index (χ0) is 43.8. The fraction of sp³-hybridized carbons (Fsp3) is 0.323. The fourth-order valence-corrected chi connectivity index (χ4v) is 12.6. The number of anilines is 3. The first kappa shape index (κ1) is 40.1. The van der Waals surface area contributed by atoms with Crippen LogP contribution in [0.2, 0.25) is 0 Å². The molecule has 1 heteroatoms. The molecule has 7 aromatic rings. The van der Waals surface area contributed by atoms with Gasteiger partial charge in [0.1, 0.15) is 0 Å². The summed E-state index contributed by atoms with van der Waals surface area (Å²) in [6, 6.07) is 57.0. The third kappa shape index (κ3) is 5.73. The van der Waals surface area contributed by atoms with E-state index in [0.717, 1.165) is 0 Å². The van der Waals surface area contributed by atoms with E-state index in [1.807, 2.05) is 0 Å². The molecule has 0 atom stereocenters. The molecule has 0 saturated heterocycles. The standard InChI is InChI=1S/C62H63N/c1-39(2)45-36-54-55(61(9,10)33-32-60(54,7)8)38-56(45)63(41-20-12-11-13-21-41)57-37-52-47(35-46(57)40-28-29-51-53(34-40)59(5,6)31-30-58(51,3)4)44-24-16-19-27-50(44)62(52)48-25-17-14-22-42(48)43-23-15-18-26-49(43)62/h11-29,34-39H,30-33H2,1-10H3. The van der Waals surface area contributed by atoms with Crippen LogP contribution in [0.4, 0.5) is 17.1 Å². The molecule has 0 saturated carbocycles. The first-order chi connectivity index (χ1) is 30.0. The Hall–Kier alpha value is -5.66. The summed E-state index contributed by atoms with van der Waals surface area (Å²) in [6.45, 7) is 24.5. The SMILES string of the molecule is CC(C)c1cc2c(cc1N(c1ccccc1)c1cc3c(cc1-c1ccc4c(c1)C(C)(C)CCC4(C)C)-c1ccccc1C31c3ccccc3-c3ccccc31)C(C)(C)CCC2(C)C. The molecule has 316 valence electrons. The van der Waals surface area contributed by atoms with Crippen LogP contribution < -0.4 is 4.90 Å². The van der Waals surface area contributed by atoms with Crippen LogP contribution >= 0.6 is 0 Å². The van der Waals surface area contributed by atoms with Crippen molar-refractivity contribution < 1.29 is 0 Å². The Bertz CT molecular complexity index is 2940. The van der Waals surface area contributed by atoms with Crippen LogP contribution in [0.3, 0.4) is 0 Å². The molecule has 4 aliphatic rings. The van der Waals surface area contributed by atoms with Crippen molar-refractivity contribution in [3.63, 3.8) is 0 Å². The number of rotatable bonds is 5. The fourth-order valence-electron chi connectivity index (χ4n) is 12.6. The van der Waals surface area contributed by atoms with Crippen LogP contribution in [0.1, 0.15) is 151 Å². The van der Waals surface area contributed by atoms with Gasteiger partial charge >= 0.3 is 0 Å². The maximum absolute atomic E-state index is 2.67. The molecule has 1 spiro atoms. The van der Waals surface area contributed by atoms with E-state index in [2.05, 4.69) is 220 Å². The summed E-state index contributed by atoms with van der Waals surface area (Å²) in [4.78, 5) is 2.67. The second-order valence-electron chi connectivity index (χ2n) is 22.4. The molecule has 4 aliphatic carbocycles. The molecule has 0 aromatic heterocycles. The molecule has 1 nitrogen and oxygen atoms in total. The molecule has 0 bridgehead atoms. The third-order valence-electron chi connectivity index (χ3n) is 16.4. The first-order valence-corrected chi connectivity index (χ1v) is 23.7. The zero-order valence-corrected chi connectivity index (χ0v) is 39.2. The highest BCUT2D eigenvalue weighted by Crippen LogP contribution is 2.65. The Balaban J connectivity index is 1.29. The van der Waals surface area contributed by atoms with Crippen LogP contribution in [-0.2, 0) is 27.1 Å². The van der Waals surface area contributed by atoms with Crippen molar-refractivity contribution in [2.75, 3.05) is 4.90 Å². The quantitative estimate of drug-likeness (QED) is 0.167. The largest absolute Gasteiger partial charge is 0.310 e. The number of hydrogen-bond acceptors (Lipinski definition) is 1. The van der Waals surface area contributed by atoms with Gasteiger partial charge in [-0.25, -0.2) is 0 Å². The molecule has 11 rings (SSSR count). The lowest BCUT2D eigenvalue weighted by Gasteiger charge is -2.44. The van der Waals surface area contributed by atoms with Crippen LogP contribution in [0.15, 0.2) is 146 Å². The molecule has 0 amide bonds. The van der Waals surface area contributed by atoms with Crippen molar-refractivity contribution in [1.82, 2.24) is 0 Å². The van der Waals surface area contributed by atoms with E-state index in [1.54, 1.807) is 0 Å². The van der Waals surface area contributed by atoms with Gasteiger partial charge in [-0.2, -0.15) is 0 Å². The van der Waals surface area contributed by atoms with Crippen molar-refractivity contribution in [2.45, 2.75) is 128 Å². The number of hydrogen-bond donors (Lipinski definition) is 0. The smallest absolute Gasteiger partial charge is 0.0726 e. The van der Waals surface area contributed by atoms with Gasteiger partial charge in [0, 0.05) is 16.9 Å². The molecule has 0 aliphatic heterocycles. The Morgan fingerprint density at radius 2 is 0.810 bits per heavy atom. The van der Waals surface area contributed by atoms with Gasteiger partial charge < -0.3 is 4.90 Å². The van der Waals surface area contributed by atoms with Crippen LogP contribution in [0, 0.1) is 0 Å². The van der Waals surface area contributed by atoms with Crippen molar-refractivity contribution in [3.05, 3.63) is 196 Å². The molecular weight excluding hydrogens is 759 g/mol. The van der Waals surface area contributed by atoms with Gasteiger partial charge in [0.15, 0.2) is 0 Å². The van der Waals surface area contributed by atoms with E-state index in [4.69, 9.17) is 0 Å². The van der Waals surface area contributed by atoms with Gasteiger partial charge in [-0.05, 0) is 161 Å². The van der Waals surface area contributed by atoms with Crippen LogP contribution in [0.25, 0.3) is 33.4 Å². The lowest BCUT2D eigenvalue weighted by molar-refractivity contribution is 0.331. The minimum Gasteiger partial charge on any atom is -0.310 e. The topological polar surface area (TPSA) is 3.24 Å². The highest BCUT2D eigenvalue weighted by Gasteiger charge is 2.52. The van der Waals surface area contributed by atoms with Crippen LogP contribution in [0.5, 0.6) is 0 Å². The third-order valence-corrected chi connectivity index (χ3v) is 16.4. The molecular formula is C62H63N. The van der Waals surface area contributed by atoms with Crippen LogP contribution in [-0.4, -0.2) is 0 Å². The monoisotopic (exact) mass is 821 g/mol. The van der Waals surface area contributed by atoms with Gasteiger partial charge in [0.25, 0.3) is 0 Å². The summed E-state index contributed by atoms with van der Waals surface area (Å²) in [7, 11) is 0. The van der Waals surface area contributed by atoms with Gasteiger partial charge in [-0.1, -0.05) is 184 Å². The number of benzene rings is 7. The predicted molar refractivity (Wildman–Crippen MR) is 268 cm³/mol. The van der Waals surface area contributed by atoms with E-state index < -0.39 is 5.41 Å². The van der Waals surface area contributed by atoms with E-state index in [0.29, 0.717) is 5.92 Å². The molecule has 0 unspecified atom stereocenters. The van der Waals surface area contributed by atoms with E-state index in [9.17, 15) is 0 Å². The highest BCUT2D eigenvalue weighted by molar-refractivity contribution is 6.00. The maximum atomic E-state index is 2.67. The average Bonchev–Trinajstić information content (AvgIpc) is 3.74. The summed E-state index contributed by atoms with van der Waals surface area (Å²) in [5.41, 5.74) is 24.4. The Morgan fingerprint density at radius 1 is 0.365 bits per heavy atom. The average molecular weight is 822 g/mol. The normalized spacial score (nSPS) is 18.5. The van der Waals surface area contributed by atoms with Gasteiger partial charge in [-0.3, -0.25) is 0 Å². The second-order valence-corrected chi connectivity index (χ2v) is 22.4. The minimum absolute atomic E-state index is 0.0537. The summed E-state index contributed by atoms with van der Waals surface area (Å²) < 4.78 is 0. The van der Waals surface area contributed by atoms with E-state index in [1.165, 1.54) is 126 Å². The molecule has 0 heterocycles. The zero-order valence-electron chi connectivity index (χ0n) is 39.2. The van der Waals surface area contributed by atoms with E-state index >= 15 is 0 Å². The Labute approximate surface area is 377 Å². The Kier molecular flexibility index (Phi) is 8.71. The number of fused-ring (bicyclic) bond motifs is 12. The first-order valence-electron chi connectivity index (χ1n) is 23.7. The van der Waals surface area contributed by atoms with Gasteiger partial charge in [0.2, 0.25) is 0 Å². The predicted octanol–water partition coefficient (Wildman–Crippen LogP) is 17.0. The van der Waals surface area contributed by atoms with Crippen molar-refractivity contribution in [1.29, 1.82) is 0 Å². The molecule has 0 N–H and O–H groups in total. The molecule has 0 fully saturated rings.